The molecule has 1 nitrogen and oxygen atoms in total. The first kappa shape index (κ1) is 12.0. The van der Waals surface area contributed by atoms with Crippen molar-refractivity contribution in [3.05, 3.63) is 0 Å². The summed E-state index contributed by atoms with van der Waals surface area (Å²) in [5.41, 5.74) is -0.836. The van der Waals surface area contributed by atoms with Crippen LogP contribution in [0.4, 0.5) is 4.39 Å². The highest BCUT2D eigenvalue weighted by molar-refractivity contribution is 4.84. The zero-order valence-electron chi connectivity index (χ0n) is 9.45. The number of unbranched alkanes of at least 4 members (excludes halogenated alkanes) is 4. The van der Waals surface area contributed by atoms with E-state index >= 15 is 0 Å². The molecule has 0 amide bonds. The topological polar surface area (TPSA) is 12.0 Å². The number of piperidine rings is 1. The van der Waals surface area contributed by atoms with Crippen molar-refractivity contribution in [1.29, 1.82) is 0 Å². The predicted octanol–water partition coefficient (Wildman–Crippen LogP) is 3.44. The minimum Gasteiger partial charge on any atom is -0.316 e. The summed E-state index contributed by atoms with van der Waals surface area (Å²) in [6, 6.07) is 0. The van der Waals surface area contributed by atoms with Crippen LogP contribution in [0.2, 0.25) is 0 Å². The molecule has 84 valence electrons. The third-order valence-corrected chi connectivity index (χ3v) is 3.23. The van der Waals surface area contributed by atoms with Crippen molar-refractivity contribution in [1.82, 2.24) is 5.32 Å². The number of rotatable bonds is 6. The third-order valence-electron chi connectivity index (χ3n) is 3.23. The molecular formula is C12H24FN. The quantitative estimate of drug-likeness (QED) is 0.649. The maximum absolute atomic E-state index is 14.0. The van der Waals surface area contributed by atoms with E-state index in [4.69, 9.17) is 0 Å². The number of nitrogens with one attached hydrogen (secondary N) is 1. The smallest absolute Gasteiger partial charge is 0.113 e. The Kier molecular flexibility index (Phi) is 5.46. The molecule has 1 aliphatic heterocycles. The summed E-state index contributed by atoms with van der Waals surface area (Å²) in [6.07, 6.45) is 8.39. The lowest BCUT2D eigenvalue weighted by Gasteiger charge is -2.30. The van der Waals surface area contributed by atoms with Crippen LogP contribution in [0.25, 0.3) is 0 Å². The fraction of sp³-hybridized carbons (Fsp3) is 1.00. The van der Waals surface area contributed by atoms with E-state index in [1.165, 1.54) is 25.7 Å². The largest absolute Gasteiger partial charge is 0.316 e. The SMILES string of the molecule is CCCCCCCC1(F)CCNCC1. The molecule has 1 rings (SSSR count). The minimum atomic E-state index is -0.836. The van der Waals surface area contributed by atoms with Gasteiger partial charge < -0.3 is 5.32 Å². The highest BCUT2D eigenvalue weighted by atomic mass is 19.1. The molecule has 0 aromatic rings. The summed E-state index contributed by atoms with van der Waals surface area (Å²) in [6.45, 7) is 3.94. The van der Waals surface area contributed by atoms with Gasteiger partial charge in [0.2, 0.25) is 0 Å². The van der Waals surface area contributed by atoms with Crippen molar-refractivity contribution in [2.75, 3.05) is 13.1 Å². The number of hydrogen-bond donors (Lipinski definition) is 1. The monoisotopic (exact) mass is 201 g/mol. The molecule has 0 aromatic heterocycles. The van der Waals surface area contributed by atoms with Crippen molar-refractivity contribution in [3.63, 3.8) is 0 Å². The van der Waals surface area contributed by atoms with Gasteiger partial charge in [0.1, 0.15) is 5.67 Å². The second kappa shape index (κ2) is 6.39. The van der Waals surface area contributed by atoms with Crippen LogP contribution in [0.5, 0.6) is 0 Å². The molecule has 1 saturated heterocycles. The van der Waals surface area contributed by atoms with Gasteiger partial charge in [-0.1, -0.05) is 39.0 Å². The lowest BCUT2D eigenvalue weighted by atomic mass is 9.89. The molecule has 14 heavy (non-hydrogen) atoms. The summed E-state index contributed by atoms with van der Waals surface area (Å²) in [5, 5.41) is 3.21. The molecule has 1 N–H and O–H groups in total. The Bertz CT molecular complexity index is 141. The molecule has 0 radical (unpaired) electrons. The number of alkyl halides is 1. The summed E-state index contributed by atoms with van der Waals surface area (Å²) in [7, 11) is 0. The predicted molar refractivity (Wildman–Crippen MR) is 59.3 cm³/mol. The first-order chi connectivity index (χ1) is 6.77. The van der Waals surface area contributed by atoms with Gasteiger partial charge in [0.25, 0.3) is 0 Å². The number of halogens is 1. The van der Waals surface area contributed by atoms with Gasteiger partial charge in [0.15, 0.2) is 0 Å². The molecule has 0 bridgehead atoms. The van der Waals surface area contributed by atoms with Gasteiger partial charge in [0.05, 0.1) is 0 Å². The van der Waals surface area contributed by atoms with Gasteiger partial charge in [-0.25, -0.2) is 4.39 Å². The Morgan fingerprint density at radius 1 is 1.07 bits per heavy atom. The van der Waals surface area contributed by atoms with Gasteiger partial charge in [0, 0.05) is 0 Å². The van der Waals surface area contributed by atoms with Crippen LogP contribution in [0.3, 0.4) is 0 Å². The molecule has 2 heteroatoms. The van der Waals surface area contributed by atoms with E-state index in [0.29, 0.717) is 0 Å². The molecule has 1 fully saturated rings. The highest BCUT2D eigenvalue weighted by Gasteiger charge is 2.30. The van der Waals surface area contributed by atoms with Crippen LogP contribution in [-0.4, -0.2) is 18.8 Å². The Morgan fingerprint density at radius 3 is 2.36 bits per heavy atom. The van der Waals surface area contributed by atoms with Crippen LogP contribution in [0.1, 0.15) is 58.3 Å². The average molecular weight is 201 g/mol. The molecule has 0 unspecified atom stereocenters. The van der Waals surface area contributed by atoms with Gasteiger partial charge in [-0.15, -0.1) is 0 Å². The van der Waals surface area contributed by atoms with Crippen LogP contribution in [-0.2, 0) is 0 Å². The minimum absolute atomic E-state index is 0.723. The first-order valence-corrected chi connectivity index (χ1v) is 6.16. The zero-order valence-corrected chi connectivity index (χ0v) is 9.45. The molecule has 1 aliphatic rings. The Labute approximate surface area is 87.5 Å². The molecule has 1 heterocycles. The van der Waals surface area contributed by atoms with Crippen molar-refractivity contribution in [2.24, 2.45) is 0 Å². The Hall–Kier alpha value is -0.110. The highest BCUT2D eigenvalue weighted by Crippen LogP contribution is 2.29. The number of hydrogen-bond acceptors (Lipinski definition) is 1. The van der Waals surface area contributed by atoms with E-state index in [0.717, 1.165) is 38.8 Å². The molecule has 0 aromatic carbocycles. The Morgan fingerprint density at radius 2 is 1.71 bits per heavy atom. The Balaban J connectivity index is 2.03. The first-order valence-electron chi connectivity index (χ1n) is 6.16. The lowest BCUT2D eigenvalue weighted by molar-refractivity contribution is 0.101. The van der Waals surface area contributed by atoms with Crippen molar-refractivity contribution in [3.8, 4) is 0 Å². The van der Waals surface area contributed by atoms with E-state index in [2.05, 4.69) is 12.2 Å². The van der Waals surface area contributed by atoms with Gasteiger partial charge >= 0.3 is 0 Å². The molecule has 0 aliphatic carbocycles. The third kappa shape index (κ3) is 4.41. The van der Waals surface area contributed by atoms with Crippen LogP contribution >= 0.6 is 0 Å². The van der Waals surface area contributed by atoms with Crippen molar-refractivity contribution >= 4 is 0 Å². The van der Waals surface area contributed by atoms with Crippen LogP contribution < -0.4 is 5.32 Å². The van der Waals surface area contributed by atoms with Gasteiger partial charge in [-0.05, 0) is 32.4 Å². The summed E-state index contributed by atoms with van der Waals surface area (Å²) < 4.78 is 14.0. The summed E-state index contributed by atoms with van der Waals surface area (Å²) in [4.78, 5) is 0. The van der Waals surface area contributed by atoms with Crippen LogP contribution in [0, 0.1) is 0 Å². The molecule has 0 spiro atoms. The molecular weight excluding hydrogens is 177 g/mol. The van der Waals surface area contributed by atoms with E-state index in [1.807, 2.05) is 0 Å². The van der Waals surface area contributed by atoms with Crippen LogP contribution in [0.15, 0.2) is 0 Å². The van der Waals surface area contributed by atoms with E-state index in [9.17, 15) is 4.39 Å². The maximum atomic E-state index is 14.0. The van der Waals surface area contributed by atoms with E-state index in [1.54, 1.807) is 0 Å². The van der Waals surface area contributed by atoms with Gasteiger partial charge in [-0.2, -0.15) is 0 Å². The van der Waals surface area contributed by atoms with Gasteiger partial charge in [-0.3, -0.25) is 0 Å². The maximum Gasteiger partial charge on any atom is 0.113 e. The second-order valence-corrected chi connectivity index (χ2v) is 4.57. The fourth-order valence-electron chi connectivity index (χ4n) is 2.17. The lowest BCUT2D eigenvalue weighted by Crippen LogP contribution is -2.38. The molecule has 0 saturated carbocycles. The van der Waals surface area contributed by atoms with Crippen molar-refractivity contribution < 1.29 is 4.39 Å². The standard InChI is InChI=1S/C12H24FN/c1-2-3-4-5-6-7-12(13)8-10-14-11-9-12/h14H,2-11H2,1H3. The van der Waals surface area contributed by atoms with E-state index in [-0.39, 0.29) is 0 Å². The van der Waals surface area contributed by atoms with E-state index < -0.39 is 5.67 Å². The summed E-state index contributed by atoms with van der Waals surface area (Å²) >= 11 is 0. The normalized spacial score (nSPS) is 21.0. The average Bonchev–Trinajstić information content (AvgIpc) is 2.18. The second-order valence-electron chi connectivity index (χ2n) is 4.57. The zero-order chi connectivity index (χ0) is 10.3. The van der Waals surface area contributed by atoms with Crippen molar-refractivity contribution in [2.45, 2.75) is 64.0 Å². The fourth-order valence-corrected chi connectivity index (χ4v) is 2.17. The molecule has 0 atom stereocenters. The summed E-state index contributed by atoms with van der Waals surface area (Å²) in [5.74, 6) is 0.